The number of ether oxygens (including phenoxy) is 1. The molecular weight excluding hydrogens is 474 g/mol. The molecule has 1 fully saturated rings. The van der Waals surface area contributed by atoms with Crippen LogP contribution in [0.3, 0.4) is 0 Å². The number of piperidine rings is 1. The molecule has 1 heterocycles. The van der Waals surface area contributed by atoms with E-state index in [2.05, 4.69) is 37.5 Å². The van der Waals surface area contributed by atoms with E-state index in [0.717, 1.165) is 39.7 Å². The van der Waals surface area contributed by atoms with E-state index >= 15 is 0 Å². The van der Waals surface area contributed by atoms with Gasteiger partial charge in [-0.1, -0.05) is 36.4 Å². The van der Waals surface area contributed by atoms with Gasteiger partial charge in [0, 0.05) is 13.1 Å². The van der Waals surface area contributed by atoms with E-state index < -0.39 is 0 Å². The van der Waals surface area contributed by atoms with Crippen LogP contribution in [0.1, 0.15) is 29.6 Å². The molecule has 0 saturated carbocycles. The molecule has 1 aliphatic rings. The smallest absolute Gasteiger partial charge is 0.261 e. The van der Waals surface area contributed by atoms with Crippen LogP contribution in [0.15, 0.2) is 59.1 Å². The molecule has 2 N–H and O–H groups in total. The molecule has 3 aromatic carbocycles. The van der Waals surface area contributed by atoms with Crippen molar-refractivity contribution in [3.8, 4) is 5.75 Å². The standard InChI is InChI=1S/C24H24BrN3O2S/c1-30-22-18(15-16-9-3-4-10-17(16)21(22)25)23(29)27-24(31)26-19-11-5-6-12-20(19)28-13-7-2-8-14-28/h3-6,9-12,15H,2,7-8,13-14H2,1H3,(H2,26,27,29,31). The molecule has 0 radical (unpaired) electrons. The molecule has 1 aliphatic heterocycles. The predicted molar refractivity (Wildman–Crippen MR) is 134 cm³/mol. The second kappa shape index (κ2) is 9.66. The third kappa shape index (κ3) is 4.67. The van der Waals surface area contributed by atoms with Crippen molar-refractivity contribution in [2.24, 2.45) is 0 Å². The van der Waals surface area contributed by atoms with Gasteiger partial charge >= 0.3 is 0 Å². The fourth-order valence-corrected chi connectivity index (χ4v) is 4.91. The number of anilines is 2. The molecule has 0 aromatic heterocycles. The molecule has 7 heteroatoms. The van der Waals surface area contributed by atoms with E-state index in [9.17, 15) is 4.79 Å². The Bertz CT molecular complexity index is 1130. The van der Waals surface area contributed by atoms with Crippen molar-refractivity contribution in [2.75, 3.05) is 30.4 Å². The number of amides is 1. The molecule has 160 valence electrons. The molecule has 3 aromatic rings. The summed E-state index contributed by atoms with van der Waals surface area (Å²) in [5.41, 5.74) is 2.41. The molecule has 0 aliphatic carbocycles. The highest BCUT2D eigenvalue weighted by Gasteiger charge is 2.20. The van der Waals surface area contributed by atoms with Crippen molar-refractivity contribution < 1.29 is 9.53 Å². The van der Waals surface area contributed by atoms with Crippen molar-refractivity contribution in [3.05, 3.63) is 64.6 Å². The van der Waals surface area contributed by atoms with Gasteiger partial charge < -0.3 is 15.0 Å². The number of carbonyl (C=O) groups is 1. The van der Waals surface area contributed by atoms with Crippen molar-refractivity contribution in [3.63, 3.8) is 0 Å². The van der Waals surface area contributed by atoms with Crippen LogP contribution in [0, 0.1) is 0 Å². The third-order valence-electron chi connectivity index (χ3n) is 5.47. The molecule has 0 unspecified atom stereocenters. The first kappa shape index (κ1) is 21.6. The Kier molecular flexibility index (Phi) is 6.73. The van der Waals surface area contributed by atoms with Crippen LogP contribution in [0.5, 0.6) is 5.75 Å². The summed E-state index contributed by atoms with van der Waals surface area (Å²) < 4.78 is 6.27. The number of para-hydroxylation sites is 2. The van der Waals surface area contributed by atoms with Gasteiger partial charge in [0.05, 0.1) is 28.5 Å². The summed E-state index contributed by atoms with van der Waals surface area (Å²) in [7, 11) is 1.55. The third-order valence-corrected chi connectivity index (χ3v) is 6.46. The minimum atomic E-state index is -0.323. The van der Waals surface area contributed by atoms with E-state index in [0.29, 0.717) is 11.3 Å². The highest BCUT2D eigenvalue weighted by atomic mass is 79.9. The predicted octanol–water partition coefficient (Wildman–Crippen LogP) is 5.73. The highest BCUT2D eigenvalue weighted by Crippen LogP contribution is 2.36. The van der Waals surface area contributed by atoms with Gasteiger partial charge in [-0.15, -0.1) is 0 Å². The molecule has 5 nitrogen and oxygen atoms in total. The number of nitrogens with zero attached hydrogens (tertiary/aromatic N) is 1. The molecule has 1 amide bonds. The average Bonchev–Trinajstić information content (AvgIpc) is 2.80. The average molecular weight is 498 g/mol. The molecule has 4 rings (SSSR count). The van der Waals surface area contributed by atoms with Crippen LogP contribution in [0.25, 0.3) is 10.8 Å². The van der Waals surface area contributed by atoms with Crippen LogP contribution in [0.4, 0.5) is 11.4 Å². The first-order valence-corrected chi connectivity index (χ1v) is 11.5. The lowest BCUT2D eigenvalue weighted by Crippen LogP contribution is -2.35. The van der Waals surface area contributed by atoms with E-state index in [1.807, 2.05) is 48.5 Å². The lowest BCUT2D eigenvalue weighted by Gasteiger charge is -2.30. The van der Waals surface area contributed by atoms with Gasteiger partial charge in [0.1, 0.15) is 5.75 Å². The summed E-state index contributed by atoms with van der Waals surface area (Å²) in [6, 6.07) is 17.7. The van der Waals surface area contributed by atoms with Crippen LogP contribution >= 0.6 is 28.1 Å². The minimum Gasteiger partial charge on any atom is -0.495 e. The number of hydrogen-bond acceptors (Lipinski definition) is 4. The van der Waals surface area contributed by atoms with Crippen molar-refractivity contribution in [1.29, 1.82) is 0 Å². The summed E-state index contributed by atoms with van der Waals surface area (Å²) in [5, 5.41) is 8.18. The lowest BCUT2D eigenvalue weighted by molar-refractivity contribution is 0.0975. The normalized spacial score (nSPS) is 13.7. The lowest BCUT2D eigenvalue weighted by atomic mass is 10.1. The number of carbonyl (C=O) groups excluding carboxylic acids is 1. The Balaban J connectivity index is 1.54. The number of fused-ring (bicyclic) bond motifs is 1. The maximum atomic E-state index is 13.1. The quantitative estimate of drug-likeness (QED) is 0.450. The number of hydrogen-bond donors (Lipinski definition) is 2. The van der Waals surface area contributed by atoms with Gasteiger partial charge in [0.25, 0.3) is 5.91 Å². The Morgan fingerprint density at radius 2 is 1.77 bits per heavy atom. The van der Waals surface area contributed by atoms with E-state index in [1.54, 1.807) is 7.11 Å². The van der Waals surface area contributed by atoms with Crippen LogP contribution in [-0.2, 0) is 0 Å². The zero-order valence-electron chi connectivity index (χ0n) is 17.3. The van der Waals surface area contributed by atoms with Gasteiger partial charge in [0.15, 0.2) is 5.11 Å². The molecule has 0 bridgehead atoms. The van der Waals surface area contributed by atoms with Gasteiger partial charge in [0.2, 0.25) is 0 Å². The van der Waals surface area contributed by atoms with Crippen molar-refractivity contribution in [1.82, 2.24) is 5.32 Å². The molecule has 0 spiro atoms. The molecule has 31 heavy (non-hydrogen) atoms. The molecule has 1 saturated heterocycles. The Morgan fingerprint density at radius 1 is 1.06 bits per heavy atom. The zero-order chi connectivity index (χ0) is 21.8. The summed E-state index contributed by atoms with van der Waals surface area (Å²) in [6.45, 7) is 2.06. The fraction of sp³-hybridized carbons (Fsp3) is 0.250. The number of rotatable bonds is 4. The van der Waals surface area contributed by atoms with E-state index in [1.165, 1.54) is 19.3 Å². The second-order valence-electron chi connectivity index (χ2n) is 7.47. The monoisotopic (exact) mass is 497 g/mol. The van der Waals surface area contributed by atoms with Crippen molar-refractivity contribution in [2.45, 2.75) is 19.3 Å². The first-order valence-electron chi connectivity index (χ1n) is 10.3. The molecule has 0 atom stereocenters. The van der Waals surface area contributed by atoms with Crippen LogP contribution in [0.2, 0.25) is 0 Å². The maximum absolute atomic E-state index is 13.1. The number of benzene rings is 3. The highest BCUT2D eigenvalue weighted by molar-refractivity contribution is 9.10. The van der Waals surface area contributed by atoms with Crippen LogP contribution in [-0.4, -0.2) is 31.2 Å². The van der Waals surface area contributed by atoms with Gasteiger partial charge in [-0.3, -0.25) is 10.1 Å². The second-order valence-corrected chi connectivity index (χ2v) is 8.67. The largest absolute Gasteiger partial charge is 0.495 e. The molecular formula is C24H24BrN3O2S. The zero-order valence-corrected chi connectivity index (χ0v) is 19.7. The maximum Gasteiger partial charge on any atom is 0.261 e. The number of thiocarbonyl (C=S) groups is 1. The number of halogens is 1. The SMILES string of the molecule is COc1c(C(=O)NC(=S)Nc2ccccc2N2CCCCC2)cc2ccccc2c1Br. The Morgan fingerprint density at radius 3 is 2.55 bits per heavy atom. The Hall–Kier alpha value is -2.64. The van der Waals surface area contributed by atoms with Gasteiger partial charge in [-0.25, -0.2) is 0 Å². The number of nitrogens with one attached hydrogen (secondary N) is 2. The fourth-order valence-electron chi connectivity index (χ4n) is 3.97. The summed E-state index contributed by atoms with van der Waals surface area (Å²) in [4.78, 5) is 15.4. The first-order chi connectivity index (χ1) is 15.1. The summed E-state index contributed by atoms with van der Waals surface area (Å²) >= 11 is 9.04. The van der Waals surface area contributed by atoms with Gasteiger partial charge in [-0.2, -0.15) is 0 Å². The summed E-state index contributed by atoms with van der Waals surface area (Å²) in [6.07, 6.45) is 3.64. The summed E-state index contributed by atoms with van der Waals surface area (Å²) in [5.74, 6) is 0.156. The number of methoxy groups -OCH3 is 1. The minimum absolute atomic E-state index is 0.251. The van der Waals surface area contributed by atoms with Crippen LogP contribution < -0.4 is 20.3 Å². The Labute approximate surface area is 195 Å². The van der Waals surface area contributed by atoms with E-state index in [-0.39, 0.29) is 11.0 Å². The van der Waals surface area contributed by atoms with E-state index in [4.69, 9.17) is 17.0 Å². The van der Waals surface area contributed by atoms with Gasteiger partial charge in [-0.05, 0) is 76.4 Å². The van der Waals surface area contributed by atoms with Crippen molar-refractivity contribution >= 4 is 61.3 Å². The topological polar surface area (TPSA) is 53.6 Å².